The molecule has 22 heavy (non-hydrogen) atoms. The van der Waals surface area contributed by atoms with Crippen molar-refractivity contribution in [2.75, 3.05) is 12.3 Å². The molecule has 0 amide bonds. The highest BCUT2D eigenvalue weighted by Gasteiger charge is 2.43. The molecule has 1 aromatic carbocycles. The van der Waals surface area contributed by atoms with Gasteiger partial charge in [-0.15, -0.1) is 0 Å². The maximum absolute atomic E-state index is 11.3. The SMILES string of the molecule is CC1=[N+](CCS(=O)(=O)[O-])c2ccc(S(=O)(=O)O)cc2C1(C)C. The molecule has 0 spiro atoms. The third-order valence-corrected chi connectivity index (χ3v) is 5.64. The Morgan fingerprint density at radius 3 is 2.32 bits per heavy atom. The topological polar surface area (TPSA) is 115 Å². The van der Waals surface area contributed by atoms with E-state index in [0.29, 0.717) is 11.3 Å². The Morgan fingerprint density at radius 2 is 1.82 bits per heavy atom. The molecule has 1 aromatic rings. The number of rotatable bonds is 4. The van der Waals surface area contributed by atoms with E-state index in [1.54, 1.807) is 11.5 Å². The maximum Gasteiger partial charge on any atom is 0.294 e. The average Bonchev–Trinajstić information content (AvgIpc) is 2.54. The van der Waals surface area contributed by atoms with Crippen LogP contribution in [0.2, 0.25) is 0 Å². The number of fused-ring (bicyclic) bond motifs is 1. The summed E-state index contributed by atoms with van der Waals surface area (Å²) in [5.74, 6) is -0.542. The van der Waals surface area contributed by atoms with Crippen LogP contribution in [0.3, 0.4) is 0 Å². The van der Waals surface area contributed by atoms with Crippen molar-refractivity contribution in [3.8, 4) is 0 Å². The summed E-state index contributed by atoms with van der Waals surface area (Å²) < 4.78 is 66.0. The maximum atomic E-state index is 11.3. The molecule has 1 N–H and O–H groups in total. The highest BCUT2D eigenvalue weighted by atomic mass is 32.2. The fourth-order valence-electron chi connectivity index (χ4n) is 2.62. The molecule has 0 saturated heterocycles. The van der Waals surface area contributed by atoms with Crippen molar-refractivity contribution in [3.63, 3.8) is 0 Å². The van der Waals surface area contributed by atoms with Gasteiger partial charge in [0.15, 0.2) is 12.3 Å². The minimum Gasteiger partial charge on any atom is -0.748 e. The summed E-state index contributed by atoms with van der Waals surface area (Å²) in [4.78, 5) is -0.217. The second-order valence-corrected chi connectivity index (χ2v) is 8.72. The van der Waals surface area contributed by atoms with Crippen LogP contribution in [-0.2, 0) is 25.7 Å². The fraction of sp³-hybridized carbons (Fsp3) is 0.462. The minimum absolute atomic E-state index is 0.000676. The molecule has 0 aromatic heterocycles. The van der Waals surface area contributed by atoms with Crippen LogP contribution in [-0.4, -0.2) is 48.5 Å². The zero-order valence-corrected chi connectivity index (χ0v) is 14.0. The van der Waals surface area contributed by atoms with E-state index in [1.165, 1.54) is 18.2 Å². The number of hydrogen-bond acceptors (Lipinski definition) is 5. The molecule has 9 heteroatoms. The van der Waals surface area contributed by atoms with Crippen LogP contribution < -0.4 is 0 Å². The second kappa shape index (κ2) is 5.12. The third-order valence-electron chi connectivity index (χ3n) is 4.10. The first kappa shape index (κ1) is 17.1. The van der Waals surface area contributed by atoms with Gasteiger partial charge in [-0.25, -0.2) is 8.42 Å². The number of benzene rings is 1. The predicted molar refractivity (Wildman–Crippen MR) is 79.3 cm³/mol. The van der Waals surface area contributed by atoms with Crippen LogP contribution in [0.4, 0.5) is 5.69 Å². The van der Waals surface area contributed by atoms with E-state index >= 15 is 0 Å². The van der Waals surface area contributed by atoms with Crippen molar-refractivity contribution in [3.05, 3.63) is 23.8 Å². The summed E-state index contributed by atoms with van der Waals surface area (Å²) in [6, 6.07) is 4.13. The van der Waals surface area contributed by atoms with E-state index in [9.17, 15) is 21.4 Å². The van der Waals surface area contributed by atoms with Crippen LogP contribution in [0.15, 0.2) is 23.1 Å². The monoisotopic (exact) mass is 347 g/mol. The van der Waals surface area contributed by atoms with Gasteiger partial charge in [0.1, 0.15) is 10.1 Å². The average molecular weight is 347 g/mol. The van der Waals surface area contributed by atoms with E-state index in [0.717, 1.165) is 5.71 Å². The molecule has 1 aliphatic rings. The van der Waals surface area contributed by atoms with Gasteiger partial charge in [0, 0.05) is 18.6 Å². The van der Waals surface area contributed by atoms with Crippen molar-refractivity contribution >= 4 is 31.6 Å². The molecule has 7 nitrogen and oxygen atoms in total. The summed E-state index contributed by atoms with van der Waals surface area (Å²) in [5.41, 5.74) is 1.56. The first-order valence-electron chi connectivity index (χ1n) is 6.51. The van der Waals surface area contributed by atoms with Gasteiger partial charge in [-0.2, -0.15) is 13.0 Å². The molecule has 0 unspecified atom stereocenters. The molecule has 2 rings (SSSR count). The van der Waals surface area contributed by atoms with Crippen molar-refractivity contribution in [2.45, 2.75) is 31.1 Å². The fourth-order valence-corrected chi connectivity index (χ4v) is 3.53. The molecule has 0 fully saturated rings. The lowest BCUT2D eigenvalue weighted by Gasteiger charge is -2.15. The van der Waals surface area contributed by atoms with Crippen molar-refractivity contribution < 1.29 is 30.5 Å². The van der Waals surface area contributed by atoms with E-state index in [1.807, 2.05) is 13.8 Å². The standard InChI is InChI=1S/C13H17NO6S2/c1-9-13(2,3)11-8-10(22(18,19)20)4-5-12(11)14(9)6-7-21(15,16)17/h4-5,8H,6-7H2,1-3H3,(H-,15,16,17,18,19,20). The van der Waals surface area contributed by atoms with Gasteiger partial charge in [-0.1, -0.05) is 0 Å². The first-order chi connectivity index (χ1) is 9.84. The molecule has 1 heterocycles. The predicted octanol–water partition coefficient (Wildman–Crippen LogP) is 0.875. The Bertz CT molecular complexity index is 866. The lowest BCUT2D eigenvalue weighted by Crippen LogP contribution is -2.28. The van der Waals surface area contributed by atoms with Crippen molar-refractivity contribution in [2.24, 2.45) is 0 Å². The van der Waals surface area contributed by atoms with Crippen LogP contribution in [0.25, 0.3) is 0 Å². The van der Waals surface area contributed by atoms with Gasteiger partial charge >= 0.3 is 0 Å². The molecular formula is C13H17NO6S2. The van der Waals surface area contributed by atoms with Gasteiger partial charge in [-0.05, 0) is 26.0 Å². The van der Waals surface area contributed by atoms with Crippen LogP contribution in [0.1, 0.15) is 26.3 Å². The largest absolute Gasteiger partial charge is 0.748 e. The van der Waals surface area contributed by atoms with Crippen LogP contribution in [0, 0.1) is 0 Å². The Labute approximate surface area is 129 Å². The summed E-state index contributed by atoms with van der Waals surface area (Å²) >= 11 is 0. The summed E-state index contributed by atoms with van der Waals surface area (Å²) in [7, 11) is -8.67. The summed E-state index contributed by atoms with van der Waals surface area (Å²) in [5, 5.41) is 0. The van der Waals surface area contributed by atoms with E-state index < -0.39 is 31.4 Å². The van der Waals surface area contributed by atoms with Gasteiger partial charge < -0.3 is 4.55 Å². The lowest BCUT2D eigenvalue weighted by atomic mass is 9.82. The quantitative estimate of drug-likeness (QED) is 0.638. The highest BCUT2D eigenvalue weighted by molar-refractivity contribution is 7.86. The first-order valence-corrected chi connectivity index (χ1v) is 9.53. The zero-order chi connectivity index (χ0) is 16.9. The Balaban J connectivity index is 2.55. The molecule has 0 bridgehead atoms. The van der Waals surface area contributed by atoms with Gasteiger partial charge in [0.25, 0.3) is 10.1 Å². The summed E-state index contributed by atoms with van der Waals surface area (Å²) in [6.45, 7) is 5.52. The molecular weight excluding hydrogens is 330 g/mol. The number of nitrogens with zero attached hydrogens (tertiary/aromatic N) is 1. The smallest absolute Gasteiger partial charge is 0.294 e. The molecule has 1 aliphatic heterocycles. The van der Waals surface area contributed by atoms with Gasteiger partial charge in [-0.3, -0.25) is 4.55 Å². The van der Waals surface area contributed by atoms with E-state index in [4.69, 9.17) is 4.55 Å². The Morgan fingerprint density at radius 1 is 1.23 bits per heavy atom. The normalized spacial score (nSPS) is 17.7. The van der Waals surface area contributed by atoms with E-state index in [-0.39, 0.29) is 11.4 Å². The van der Waals surface area contributed by atoms with E-state index in [2.05, 4.69) is 0 Å². The lowest BCUT2D eigenvalue weighted by molar-refractivity contribution is -0.433. The van der Waals surface area contributed by atoms with Crippen LogP contribution >= 0.6 is 0 Å². The highest BCUT2D eigenvalue weighted by Crippen LogP contribution is 2.40. The molecule has 0 aliphatic carbocycles. The second-order valence-electron chi connectivity index (χ2n) is 5.78. The molecule has 122 valence electrons. The van der Waals surface area contributed by atoms with Gasteiger partial charge in [0.2, 0.25) is 5.69 Å². The molecule has 0 saturated carbocycles. The number of hydrogen-bond donors (Lipinski definition) is 1. The Hall–Kier alpha value is -1.29. The molecule has 0 radical (unpaired) electrons. The third kappa shape index (κ3) is 3.07. The van der Waals surface area contributed by atoms with Crippen molar-refractivity contribution in [1.29, 1.82) is 0 Å². The minimum atomic E-state index is -4.35. The Kier molecular flexibility index (Phi) is 3.97. The van der Waals surface area contributed by atoms with Crippen LogP contribution in [0.5, 0.6) is 0 Å². The summed E-state index contributed by atoms with van der Waals surface area (Å²) in [6.07, 6.45) is 0. The molecule has 0 atom stereocenters. The van der Waals surface area contributed by atoms with Gasteiger partial charge in [0.05, 0.1) is 16.1 Å². The van der Waals surface area contributed by atoms with Crippen molar-refractivity contribution in [1.82, 2.24) is 0 Å². The zero-order valence-electron chi connectivity index (χ0n) is 12.4.